The van der Waals surface area contributed by atoms with Crippen LogP contribution >= 0.6 is 11.6 Å². The highest BCUT2D eigenvalue weighted by Gasteiger charge is 2.35. The molecule has 2 aromatic carbocycles. The van der Waals surface area contributed by atoms with E-state index in [9.17, 15) is 31.9 Å². The second-order valence-corrected chi connectivity index (χ2v) is 11.6. The number of amides is 2. The van der Waals surface area contributed by atoms with Gasteiger partial charge in [-0.25, -0.2) is 9.07 Å². The Kier molecular flexibility index (Phi) is 10.5. The molecular formula is C32H32ClF4N7O4. The number of alkyl halides is 3. The number of methoxy groups -OCH3 is 1. The molecule has 3 heterocycles. The van der Waals surface area contributed by atoms with Gasteiger partial charge < -0.3 is 20.3 Å². The summed E-state index contributed by atoms with van der Waals surface area (Å²) < 4.78 is 62.2. The van der Waals surface area contributed by atoms with Crippen LogP contribution in [0.3, 0.4) is 0 Å². The van der Waals surface area contributed by atoms with Gasteiger partial charge in [-0.3, -0.25) is 19.0 Å². The first-order valence-electron chi connectivity index (χ1n) is 15.1. The van der Waals surface area contributed by atoms with Crippen molar-refractivity contribution in [1.82, 2.24) is 29.8 Å². The van der Waals surface area contributed by atoms with E-state index in [-0.39, 0.29) is 45.3 Å². The highest BCUT2D eigenvalue weighted by atomic mass is 35.5. The van der Waals surface area contributed by atoms with Gasteiger partial charge in [0.05, 0.1) is 30.8 Å². The average molecular weight is 690 g/mol. The summed E-state index contributed by atoms with van der Waals surface area (Å²) in [6.45, 7) is 4.68. The monoisotopic (exact) mass is 689 g/mol. The third-order valence-electron chi connectivity index (χ3n) is 7.96. The predicted molar refractivity (Wildman–Crippen MR) is 170 cm³/mol. The van der Waals surface area contributed by atoms with Gasteiger partial charge in [0.1, 0.15) is 17.6 Å². The molecule has 1 saturated heterocycles. The van der Waals surface area contributed by atoms with Crippen molar-refractivity contribution in [2.45, 2.75) is 38.4 Å². The molecule has 4 aromatic rings. The van der Waals surface area contributed by atoms with Gasteiger partial charge in [0.25, 0.3) is 11.5 Å². The fraction of sp³-hybridized carbons (Fsp3) is 0.344. The molecule has 11 nitrogen and oxygen atoms in total. The smallest absolute Gasteiger partial charge is 0.436 e. The lowest BCUT2D eigenvalue weighted by Gasteiger charge is -2.21. The zero-order chi connectivity index (χ0) is 34.6. The van der Waals surface area contributed by atoms with Crippen molar-refractivity contribution in [3.63, 3.8) is 0 Å². The highest BCUT2D eigenvalue weighted by Crippen LogP contribution is 2.36. The summed E-state index contributed by atoms with van der Waals surface area (Å²) >= 11 is 6.22. The van der Waals surface area contributed by atoms with Gasteiger partial charge in [-0.05, 0) is 68.8 Å². The standard InChI is InChI=1S/C32H32ClF4N7O4/c1-3-25(31(47)39-20-7-8-21(24(34)15-20)30(46)38-10-13-42-11-4-5-12-42)43-17-27(48-2)23(16-29(43)45)22-14-19(33)6-9-26(22)44-18-28(40-41-44)32(35,36)37/h6-9,14-18,25H,3-5,10-13H2,1-2H3,(H,38,46)(H,39,47)/t25-/m0/s1. The van der Waals surface area contributed by atoms with Crippen LogP contribution < -0.4 is 20.9 Å². The number of likely N-dealkylation sites (tertiary alicyclic amines) is 1. The zero-order valence-electron chi connectivity index (χ0n) is 26.0. The van der Waals surface area contributed by atoms with E-state index in [1.165, 1.54) is 49.7 Å². The third kappa shape index (κ3) is 7.68. The molecule has 2 amide bonds. The quantitative estimate of drug-likeness (QED) is 0.204. The van der Waals surface area contributed by atoms with Crippen molar-refractivity contribution >= 4 is 29.1 Å². The summed E-state index contributed by atoms with van der Waals surface area (Å²) in [7, 11) is 1.32. The SMILES string of the molecule is CC[C@@H](C(=O)Nc1ccc(C(=O)NCCN2CCCC2)c(F)c1)n1cc(OC)c(-c2cc(Cl)ccc2-n2cc(C(F)(F)F)nn2)cc1=O. The fourth-order valence-corrected chi connectivity index (χ4v) is 5.69. The van der Waals surface area contributed by atoms with E-state index in [1.807, 2.05) is 0 Å². The number of pyridine rings is 1. The number of halogens is 5. The lowest BCUT2D eigenvalue weighted by atomic mass is 10.0. The van der Waals surface area contributed by atoms with Gasteiger partial charge in [0.15, 0.2) is 5.69 Å². The molecular weight excluding hydrogens is 658 g/mol. The minimum atomic E-state index is -4.73. The first kappa shape index (κ1) is 34.6. The van der Waals surface area contributed by atoms with Crippen LogP contribution in [-0.2, 0) is 11.0 Å². The van der Waals surface area contributed by atoms with Gasteiger partial charge >= 0.3 is 6.18 Å². The highest BCUT2D eigenvalue weighted by molar-refractivity contribution is 6.31. The van der Waals surface area contributed by atoms with Crippen LogP contribution in [0.4, 0.5) is 23.2 Å². The first-order chi connectivity index (χ1) is 22.9. The fourth-order valence-electron chi connectivity index (χ4n) is 5.52. The van der Waals surface area contributed by atoms with Gasteiger partial charge in [0.2, 0.25) is 5.91 Å². The second-order valence-electron chi connectivity index (χ2n) is 11.1. The van der Waals surface area contributed by atoms with Crippen molar-refractivity contribution in [2.75, 3.05) is 38.6 Å². The maximum atomic E-state index is 14.9. The molecule has 1 aliphatic rings. The molecule has 16 heteroatoms. The van der Waals surface area contributed by atoms with Crippen LogP contribution in [0.15, 0.2) is 59.7 Å². The van der Waals surface area contributed by atoms with Crippen molar-refractivity contribution < 1.29 is 31.9 Å². The van der Waals surface area contributed by atoms with Crippen LogP contribution in [0.1, 0.15) is 48.3 Å². The van der Waals surface area contributed by atoms with E-state index in [4.69, 9.17) is 16.3 Å². The van der Waals surface area contributed by atoms with Gasteiger partial charge in [-0.15, -0.1) is 5.10 Å². The summed E-state index contributed by atoms with van der Waals surface area (Å²) in [6.07, 6.45) is -0.337. The topological polar surface area (TPSA) is 123 Å². The molecule has 2 aromatic heterocycles. The van der Waals surface area contributed by atoms with Crippen molar-refractivity contribution in [3.8, 4) is 22.6 Å². The third-order valence-corrected chi connectivity index (χ3v) is 8.20. The normalized spacial score (nSPS) is 14.1. The lowest BCUT2D eigenvalue weighted by Crippen LogP contribution is -2.34. The van der Waals surface area contributed by atoms with E-state index < -0.39 is 41.1 Å². The zero-order valence-corrected chi connectivity index (χ0v) is 26.7. The largest absolute Gasteiger partial charge is 0.495 e. The molecule has 48 heavy (non-hydrogen) atoms. The number of hydrogen-bond acceptors (Lipinski definition) is 7. The molecule has 5 rings (SSSR count). The Labute approximate surface area is 277 Å². The average Bonchev–Trinajstić information content (AvgIpc) is 3.75. The Bertz CT molecular complexity index is 1870. The molecule has 0 saturated carbocycles. The lowest BCUT2D eigenvalue weighted by molar-refractivity contribution is -0.141. The summed E-state index contributed by atoms with van der Waals surface area (Å²) in [6, 6.07) is 8.09. The van der Waals surface area contributed by atoms with Crippen LogP contribution in [-0.4, -0.2) is 69.6 Å². The Morgan fingerprint density at radius 2 is 1.81 bits per heavy atom. The summed E-state index contributed by atoms with van der Waals surface area (Å²) in [5.41, 5.74) is -1.42. The number of benzene rings is 2. The van der Waals surface area contributed by atoms with E-state index in [0.717, 1.165) is 41.2 Å². The summed E-state index contributed by atoms with van der Waals surface area (Å²) in [5, 5.41) is 12.3. The van der Waals surface area contributed by atoms with Crippen LogP contribution in [0.5, 0.6) is 5.75 Å². The van der Waals surface area contributed by atoms with E-state index in [0.29, 0.717) is 19.3 Å². The number of ether oxygens (including phenoxy) is 1. The summed E-state index contributed by atoms with van der Waals surface area (Å²) in [5.74, 6) is -1.92. The Hall–Kier alpha value is -4.76. The number of rotatable bonds is 11. The Morgan fingerprint density at radius 3 is 2.46 bits per heavy atom. The van der Waals surface area contributed by atoms with Gasteiger partial charge in [-0.1, -0.05) is 23.7 Å². The number of nitrogens with zero attached hydrogens (tertiary/aromatic N) is 5. The number of nitrogens with one attached hydrogen (secondary N) is 2. The number of anilines is 1. The first-order valence-corrected chi connectivity index (χ1v) is 15.5. The molecule has 1 aliphatic heterocycles. The molecule has 0 unspecified atom stereocenters. The summed E-state index contributed by atoms with van der Waals surface area (Å²) in [4.78, 5) is 41.6. The van der Waals surface area contributed by atoms with E-state index in [1.54, 1.807) is 6.92 Å². The number of carbonyl (C=O) groups is 2. The van der Waals surface area contributed by atoms with Crippen molar-refractivity contribution in [1.29, 1.82) is 0 Å². The van der Waals surface area contributed by atoms with Crippen molar-refractivity contribution in [3.05, 3.63) is 87.3 Å². The molecule has 254 valence electrons. The van der Waals surface area contributed by atoms with E-state index in [2.05, 4.69) is 25.8 Å². The molecule has 0 bridgehead atoms. The van der Waals surface area contributed by atoms with Gasteiger partial charge in [-0.2, -0.15) is 13.2 Å². The molecule has 1 fully saturated rings. The predicted octanol–water partition coefficient (Wildman–Crippen LogP) is 5.33. The Morgan fingerprint density at radius 1 is 1.06 bits per heavy atom. The molecule has 0 radical (unpaired) electrons. The molecule has 0 spiro atoms. The maximum absolute atomic E-state index is 14.9. The van der Waals surface area contributed by atoms with Crippen LogP contribution in [0, 0.1) is 5.82 Å². The number of carbonyl (C=O) groups excluding carboxylic acids is 2. The molecule has 1 atom stereocenters. The van der Waals surface area contributed by atoms with Crippen LogP contribution in [0.2, 0.25) is 5.02 Å². The minimum Gasteiger partial charge on any atom is -0.495 e. The second kappa shape index (κ2) is 14.6. The molecule has 2 N–H and O–H groups in total. The van der Waals surface area contributed by atoms with E-state index >= 15 is 0 Å². The van der Waals surface area contributed by atoms with Crippen molar-refractivity contribution in [2.24, 2.45) is 0 Å². The minimum absolute atomic E-state index is 0.0795. The number of hydrogen-bond donors (Lipinski definition) is 2. The number of aromatic nitrogens is 4. The molecule has 0 aliphatic carbocycles. The maximum Gasteiger partial charge on any atom is 0.436 e. The Balaban J connectivity index is 1.37. The van der Waals surface area contributed by atoms with Crippen LogP contribution in [0.25, 0.3) is 16.8 Å². The van der Waals surface area contributed by atoms with Gasteiger partial charge in [0, 0.05) is 41.0 Å².